The summed E-state index contributed by atoms with van der Waals surface area (Å²) < 4.78 is 0. The Morgan fingerprint density at radius 2 is 0.986 bits per heavy atom. The summed E-state index contributed by atoms with van der Waals surface area (Å²) >= 11 is 0. The van der Waals surface area contributed by atoms with Gasteiger partial charge in [-0.15, -0.1) is 0 Å². The van der Waals surface area contributed by atoms with E-state index in [0.29, 0.717) is 24.2 Å². The average Bonchev–Trinajstić information content (AvgIpc) is 3.27. The van der Waals surface area contributed by atoms with Crippen LogP contribution in [0, 0.1) is 100 Å². The standard InChI is InChI=1S/C31H50O4.C31H46O4/c2*1-26(2)12-14-31(24(34)18-32)15-13-29(6)19(20(31)16-26)8-9-23-28(5)17-21(33)25(35)27(3,4)22(28)10-11-30(23,29)7/h8,20-23,25,32-33,35H,9-18H2,1-7H3;8,17,20,22-23,32-33H,9-16,18H2,1-7H3/t20-,21+,22-,23+,25-,28-,29+,30+,31-;20-,22-,23+,28-,29+,30+,31-/m00/s1. The van der Waals surface area contributed by atoms with Crippen molar-refractivity contribution in [3.05, 3.63) is 35.1 Å². The first-order valence-electron chi connectivity index (χ1n) is 28.2. The van der Waals surface area contributed by atoms with Gasteiger partial charge < -0.3 is 25.5 Å². The average molecular weight is 969 g/mol. The Labute approximate surface area is 422 Å². The second-order valence-electron chi connectivity index (χ2n) is 30.4. The molecule has 8 heteroatoms. The predicted molar refractivity (Wildman–Crippen MR) is 276 cm³/mol. The van der Waals surface area contributed by atoms with Gasteiger partial charge in [-0.25, -0.2) is 0 Å². The molecule has 0 saturated heterocycles. The molecule has 392 valence electrons. The summed E-state index contributed by atoms with van der Waals surface area (Å²) in [6, 6.07) is 0. The van der Waals surface area contributed by atoms with Crippen LogP contribution in [0.5, 0.6) is 0 Å². The number of allylic oxidation sites excluding steroid dienone is 6. The molecule has 16 atom stereocenters. The number of fused-ring (bicyclic) bond motifs is 14. The number of carbonyl (C=O) groups is 3. The third-order valence-corrected chi connectivity index (χ3v) is 25.9. The molecule has 7 saturated carbocycles. The van der Waals surface area contributed by atoms with Crippen molar-refractivity contribution in [2.24, 2.45) is 100 Å². The lowest BCUT2D eigenvalue weighted by Gasteiger charge is -2.71. The number of aliphatic hydroxyl groups excluding tert-OH is 5. The molecule has 10 aliphatic rings. The van der Waals surface area contributed by atoms with E-state index in [1.165, 1.54) is 11.1 Å². The normalized spacial score (nSPS) is 50.1. The Morgan fingerprint density at radius 3 is 1.46 bits per heavy atom. The van der Waals surface area contributed by atoms with Crippen LogP contribution < -0.4 is 0 Å². The molecule has 0 spiro atoms. The molecule has 0 unspecified atom stereocenters. The van der Waals surface area contributed by atoms with Gasteiger partial charge in [0.05, 0.1) is 12.2 Å². The van der Waals surface area contributed by atoms with E-state index >= 15 is 0 Å². The van der Waals surface area contributed by atoms with Crippen molar-refractivity contribution < 1.29 is 39.9 Å². The number of aliphatic hydroxyl groups is 5. The van der Waals surface area contributed by atoms with E-state index in [4.69, 9.17) is 0 Å². The van der Waals surface area contributed by atoms with E-state index in [-0.39, 0.29) is 103 Å². The second-order valence-corrected chi connectivity index (χ2v) is 30.4. The Kier molecular flexibility index (Phi) is 12.2. The van der Waals surface area contributed by atoms with Crippen molar-refractivity contribution in [3.63, 3.8) is 0 Å². The highest BCUT2D eigenvalue weighted by Crippen LogP contribution is 2.78. The molecule has 0 bridgehead atoms. The zero-order valence-electron chi connectivity index (χ0n) is 46.2. The Bertz CT molecular complexity index is 2280. The van der Waals surface area contributed by atoms with E-state index in [0.717, 1.165) is 103 Å². The Morgan fingerprint density at radius 1 is 0.557 bits per heavy atom. The lowest BCUT2D eigenvalue weighted by Crippen LogP contribution is -2.67. The van der Waals surface area contributed by atoms with Crippen LogP contribution >= 0.6 is 0 Å². The Hall–Kier alpha value is -2.13. The van der Waals surface area contributed by atoms with Gasteiger partial charge >= 0.3 is 0 Å². The van der Waals surface area contributed by atoms with Crippen LogP contribution in [0.1, 0.15) is 206 Å². The third-order valence-electron chi connectivity index (χ3n) is 25.9. The van der Waals surface area contributed by atoms with E-state index in [1.54, 1.807) is 0 Å². The van der Waals surface area contributed by atoms with Crippen molar-refractivity contribution in [1.82, 2.24) is 0 Å². The van der Waals surface area contributed by atoms with Crippen molar-refractivity contribution in [1.29, 1.82) is 0 Å². The fourth-order valence-corrected chi connectivity index (χ4v) is 21.4. The fourth-order valence-electron chi connectivity index (χ4n) is 21.4. The summed E-state index contributed by atoms with van der Waals surface area (Å²) in [6.07, 6.45) is 22.0. The number of ketones is 3. The van der Waals surface area contributed by atoms with Crippen molar-refractivity contribution >= 4 is 17.3 Å². The topological polar surface area (TPSA) is 152 Å². The first-order valence-corrected chi connectivity index (χ1v) is 28.2. The zero-order chi connectivity index (χ0) is 51.6. The quantitative estimate of drug-likeness (QED) is 0.175. The molecule has 0 aliphatic heterocycles. The van der Waals surface area contributed by atoms with E-state index in [2.05, 4.69) is 95.2 Å². The maximum atomic E-state index is 13.3. The summed E-state index contributed by atoms with van der Waals surface area (Å²) in [5, 5.41) is 52.7. The fraction of sp³-hybridized carbons (Fsp3) is 0.855. The van der Waals surface area contributed by atoms with Crippen LogP contribution in [-0.2, 0) is 14.4 Å². The highest BCUT2D eigenvalue weighted by atomic mass is 16.3. The molecular formula is C62H96O8. The lowest BCUT2D eigenvalue weighted by atomic mass is 9.33. The summed E-state index contributed by atoms with van der Waals surface area (Å²) in [6.45, 7) is 31.7. The van der Waals surface area contributed by atoms with Crippen LogP contribution in [0.25, 0.3) is 0 Å². The van der Waals surface area contributed by atoms with E-state index in [1.807, 2.05) is 19.9 Å². The van der Waals surface area contributed by atoms with E-state index in [9.17, 15) is 39.9 Å². The van der Waals surface area contributed by atoms with Gasteiger partial charge in [-0.1, -0.05) is 120 Å². The van der Waals surface area contributed by atoms with Crippen LogP contribution in [0.4, 0.5) is 0 Å². The van der Waals surface area contributed by atoms with Gasteiger partial charge in [-0.05, 0) is 199 Å². The van der Waals surface area contributed by atoms with Gasteiger partial charge in [0.2, 0.25) is 5.78 Å². The molecule has 70 heavy (non-hydrogen) atoms. The van der Waals surface area contributed by atoms with Crippen molar-refractivity contribution in [3.8, 4) is 0 Å². The summed E-state index contributed by atoms with van der Waals surface area (Å²) in [7, 11) is 0. The number of hydrogen-bond acceptors (Lipinski definition) is 8. The van der Waals surface area contributed by atoms with Crippen LogP contribution in [0.2, 0.25) is 0 Å². The molecule has 5 N–H and O–H groups in total. The highest BCUT2D eigenvalue weighted by molar-refractivity contribution is 5.98. The minimum Gasteiger partial charge on any atom is -0.505 e. The van der Waals surface area contributed by atoms with Crippen molar-refractivity contribution in [2.45, 2.75) is 218 Å². The van der Waals surface area contributed by atoms with Gasteiger partial charge in [0.25, 0.3) is 0 Å². The maximum absolute atomic E-state index is 13.3. The summed E-state index contributed by atoms with van der Waals surface area (Å²) in [4.78, 5) is 39.6. The first kappa shape index (κ1) is 52.7. The molecule has 0 radical (unpaired) electrons. The predicted octanol–water partition coefficient (Wildman–Crippen LogP) is 12.3. The zero-order valence-corrected chi connectivity index (χ0v) is 46.2. The number of Topliss-reactive ketones (excluding diaryl/α,β-unsaturated/α-hetero) is 3. The second kappa shape index (κ2) is 16.2. The minimum atomic E-state index is -0.674. The summed E-state index contributed by atoms with van der Waals surface area (Å²) in [5.41, 5.74) is 1.51. The third kappa shape index (κ3) is 6.80. The van der Waals surface area contributed by atoms with Crippen LogP contribution in [-0.4, -0.2) is 68.3 Å². The molecule has 0 heterocycles. The number of rotatable bonds is 4. The molecule has 10 rings (SSSR count). The molecule has 0 aromatic carbocycles. The molecule has 8 nitrogen and oxygen atoms in total. The number of hydrogen-bond donors (Lipinski definition) is 5. The monoisotopic (exact) mass is 969 g/mol. The van der Waals surface area contributed by atoms with Gasteiger partial charge in [0.1, 0.15) is 13.2 Å². The molecular weight excluding hydrogens is 873 g/mol. The van der Waals surface area contributed by atoms with Gasteiger partial charge in [-0.2, -0.15) is 0 Å². The highest BCUT2D eigenvalue weighted by Gasteiger charge is 2.72. The molecule has 0 aromatic heterocycles. The van der Waals surface area contributed by atoms with Gasteiger partial charge in [0.15, 0.2) is 17.3 Å². The SMILES string of the molecule is CC1(C)CC[C@]2(C(=O)CO)CC[C@]3(C)C(=CC[C@@H]4[C@@]5(C)C=C(O)C(=O)C(C)(C)[C@@H]5CC[C@]43C)[C@@H]2C1.CC1(C)CC[C@]2(C(=O)CO)CC[C@]3(C)C(=CC[C@@H]4[C@@]5(C)C[C@@H](O)[C@H](O)C(C)(C)[C@@H]5CC[C@]43C)[C@@H]2C1. The minimum absolute atomic E-state index is 0.0194. The van der Waals surface area contributed by atoms with Crippen molar-refractivity contribution in [2.75, 3.05) is 13.2 Å². The maximum Gasteiger partial charge on any atom is 0.202 e. The van der Waals surface area contributed by atoms with Crippen LogP contribution in [0.3, 0.4) is 0 Å². The first-order chi connectivity index (χ1) is 32.2. The number of carbonyl (C=O) groups excluding carboxylic acids is 3. The van der Waals surface area contributed by atoms with Gasteiger partial charge in [0, 0.05) is 16.2 Å². The Balaban J connectivity index is 0.000000174. The van der Waals surface area contributed by atoms with Crippen LogP contribution in [0.15, 0.2) is 35.1 Å². The molecule has 0 amide bonds. The molecule has 7 fully saturated rings. The summed E-state index contributed by atoms with van der Waals surface area (Å²) in [5.74, 6) is 1.74. The largest absolute Gasteiger partial charge is 0.505 e. The van der Waals surface area contributed by atoms with Gasteiger partial charge in [-0.3, -0.25) is 14.4 Å². The smallest absolute Gasteiger partial charge is 0.202 e. The molecule has 10 aliphatic carbocycles. The lowest BCUT2D eigenvalue weighted by molar-refractivity contribution is -0.231. The van der Waals surface area contributed by atoms with E-state index < -0.39 is 28.5 Å². The molecule has 0 aromatic rings.